The highest BCUT2D eigenvalue weighted by molar-refractivity contribution is 6.33. The maximum absolute atomic E-state index is 12.1. The summed E-state index contributed by atoms with van der Waals surface area (Å²) in [7, 11) is 1.93. The zero-order valence-electron chi connectivity index (χ0n) is 13.3. The number of alkyl halides is 1. The Hall–Kier alpha value is -1.55. The fraction of sp³-hybridized carbons (Fsp3) is 0.500. The van der Waals surface area contributed by atoms with Crippen LogP contribution in [0.1, 0.15) is 46.9 Å². The molecule has 2 aromatic rings. The van der Waals surface area contributed by atoms with Gasteiger partial charge in [0, 0.05) is 35.8 Å². The Labute approximate surface area is 130 Å². The molecular weight excluding hydrogens is 286 g/mol. The molecule has 0 saturated heterocycles. The second-order valence-electron chi connectivity index (χ2n) is 5.48. The number of halogens is 1. The van der Waals surface area contributed by atoms with E-state index in [0.717, 1.165) is 35.6 Å². The van der Waals surface area contributed by atoms with Gasteiger partial charge in [-0.3, -0.25) is 9.48 Å². The molecule has 0 aromatic carbocycles. The maximum atomic E-state index is 12.1. The van der Waals surface area contributed by atoms with Crippen molar-refractivity contribution in [2.75, 3.05) is 0 Å². The second-order valence-corrected chi connectivity index (χ2v) is 6.13. The zero-order valence-corrected chi connectivity index (χ0v) is 14.0. The molecule has 0 fully saturated rings. The van der Waals surface area contributed by atoms with Gasteiger partial charge in [0.05, 0.1) is 17.6 Å². The van der Waals surface area contributed by atoms with Gasteiger partial charge in [0.1, 0.15) is 0 Å². The zero-order chi connectivity index (χ0) is 15.7. The first-order valence-corrected chi connectivity index (χ1v) is 7.65. The molecule has 0 amide bonds. The summed E-state index contributed by atoms with van der Waals surface area (Å²) in [6, 6.07) is 1.93. The SMILES string of the molecule is CCc1nn(C)cc1Cn1c(C)cc(C(=O)C(C)Cl)c1C. The van der Waals surface area contributed by atoms with Crippen LogP contribution in [0.25, 0.3) is 0 Å². The third kappa shape index (κ3) is 3.05. The number of hydrogen-bond acceptors (Lipinski definition) is 2. The van der Waals surface area contributed by atoms with Crippen molar-refractivity contribution in [3.8, 4) is 0 Å². The van der Waals surface area contributed by atoms with Crippen molar-refractivity contribution in [3.63, 3.8) is 0 Å². The van der Waals surface area contributed by atoms with Gasteiger partial charge >= 0.3 is 0 Å². The van der Waals surface area contributed by atoms with Gasteiger partial charge in [-0.1, -0.05) is 6.92 Å². The van der Waals surface area contributed by atoms with Crippen LogP contribution in [0.15, 0.2) is 12.3 Å². The minimum absolute atomic E-state index is 0.0158. The number of carbonyl (C=O) groups excluding carboxylic acids is 1. The number of hydrogen-bond donors (Lipinski definition) is 0. The van der Waals surface area contributed by atoms with Crippen LogP contribution in [0.4, 0.5) is 0 Å². The van der Waals surface area contributed by atoms with E-state index in [4.69, 9.17) is 11.6 Å². The highest BCUT2D eigenvalue weighted by atomic mass is 35.5. The summed E-state index contributed by atoms with van der Waals surface area (Å²) in [5, 5.41) is 3.97. The molecule has 114 valence electrons. The van der Waals surface area contributed by atoms with Crippen LogP contribution >= 0.6 is 11.6 Å². The predicted octanol–water partition coefficient (Wildman–Crippen LogP) is 3.26. The van der Waals surface area contributed by atoms with Gasteiger partial charge in [-0.15, -0.1) is 11.6 Å². The summed E-state index contributed by atoms with van der Waals surface area (Å²) in [6.45, 7) is 8.54. The van der Waals surface area contributed by atoms with Crippen LogP contribution in [0.3, 0.4) is 0 Å². The molecule has 2 heterocycles. The minimum atomic E-state index is -0.497. The molecule has 5 heteroatoms. The number of aromatic nitrogens is 3. The quantitative estimate of drug-likeness (QED) is 0.628. The maximum Gasteiger partial charge on any atom is 0.182 e. The van der Waals surface area contributed by atoms with E-state index in [1.54, 1.807) is 6.92 Å². The van der Waals surface area contributed by atoms with Gasteiger partial charge in [-0.25, -0.2) is 0 Å². The lowest BCUT2D eigenvalue weighted by Crippen LogP contribution is -2.12. The lowest BCUT2D eigenvalue weighted by atomic mass is 10.1. The molecule has 2 rings (SSSR count). The van der Waals surface area contributed by atoms with E-state index in [0.29, 0.717) is 0 Å². The summed E-state index contributed by atoms with van der Waals surface area (Å²) in [5.74, 6) is -0.0158. The molecule has 21 heavy (non-hydrogen) atoms. The molecule has 1 unspecified atom stereocenters. The molecule has 0 aliphatic carbocycles. The molecular formula is C16H22ClN3O. The highest BCUT2D eigenvalue weighted by Gasteiger charge is 2.20. The van der Waals surface area contributed by atoms with Crippen LogP contribution in [0.2, 0.25) is 0 Å². The Morgan fingerprint density at radius 3 is 2.67 bits per heavy atom. The third-order valence-corrected chi connectivity index (χ3v) is 4.05. The smallest absolute Gasteiger partial charge is 0.182 e. The largest absolute Gasteiger partial charge is 0.344 e. The van der Waals surface area contributed by atoms with E-state index in [9.17, 15) is 4.79 Å². The average Bonchev–Trinajstić information content (AvgIpc) is 2.92. The van der Waals surface area contributed by atoms with Crippen molar-refractivity contribution in [2.24, 2.45) is 7.05 Å². The molecule has 0 aliphatic rings. The lowest BCUT2D eigenvalue weighted by molar-refractivity contribution is 0.0991. The van der Waals surface area contributed by atoms with E-state index in [1.807, 2.05) is 37.8 Å². The molecule has 0 bridgehead atoms. The number of aryl methyl sites for hydroxylation is 3. The van der Waals surface area contributed by atoms with Gasteiger partial charge in [-0.05, 0) is 33.3 Å². The van der Waals surface area contributed by atoms with E-state index in [-0.39, 0.29) is 5.78 Å². The molecule has 1 atom stereocenters. The minimum Gasteiger partial charge on any atom is -0.344 e. The number of Topliss-reactive ketones (excluding diaryl/α,β-unsaturated/α-hetero) is 1. The van der Waals surface area contributed by atoms with Crippen molar-refractivity contribution in [1.82, 2.24) is 14.3 Å². The van der Waals surface area contributed by atoms with Gasteiger partial charge in [0.2, 0.25) is 0 Å². The van der Waals surface area contributed by atoms with Gasteiger partial charge in [-0.2, -0.15) is 5.10 Å². The van der Waals surface area contributed by atoms with Crippen LogP contribution in [-0.4, -0.2) is 25.5 Å². The number of rotatable bonds is 5. The van der Waals surface area contributed by atoms with Crippen molar-refractivity contribution < 1.29 is 4.79 Å². The third-order valence-electron chi connectivity index (χ3n) is 3.86. The Kier molecular flexibility index (Phi) is 4.57. The highest BCUT2D eigenvalue weighted by Crippen LogP contribution is 2.21. The van der Waals surface area contributed by atoms with Crippen molar-refractivity contribution >= 4 is 17.4 Å². The normalized spacial score (nSPS) is 12.7. The molecule has 0 N–H and O–H groups in total. The van der Waals surface area contributed by atoms with Crippen LogP contribution in [0, 0.1) is 13.8 Å². The topological polar surface area (TPSA) is 39.8 Å². The van der Waals surface area contributed by atoms with Crippen LogP contribution in [-0.2, 0) is 20.0 Å². The van der Waals surface area contributed by atoms with Gasteiger partial charge in [0.15, 0.2) is 5.78 Å². The van der Waals surface area contributed by atoms with E-state index >= 15 is 0 Å². The fourth-order valence-corrected chi connectivity index (χ4v) is 2.81. The first-order valence-electron chi connectivity index (χ1n) is 7.21. The average molecular weight is 308 g/mol. The van der Waals surface area contributed by atoms with Crippen molar-refractivity contribution in [1.29, 1.82) is 0 Å². The Balaban J connectivity index is 2.39. The van der Waals surface area contributed by atoms with E-state index in [2.05, 4.69) is 16.6 Å². The van der Waals surface area contributed by atoms with Crippen molar-refractivity contribution in [2.45, 2.75) is 46.0 Å². The van der Waals surface area contributed by atoms with Crippen molar-refractivity contribution in [3.05, 3.63) is 40.5 Å². The van der Waals surface area contributed by atoms with Gasteiger partial charge in [0.25, 0.3) is 0 Å². The Morgan fingerprint density at radius 1 is 1.43 bits per heavy atom. The number of ketones is 1. The monoisotopic (exact) mass is 307 g/mol. The summed E-state index contributed by atoms with van der Waals surface area (Å²) in [4.78, 5) is 12.1. The first-order chi connectivity index (χ1) is 9.85. The van der Waals surface area contributed by atoms with Crippen LogP contribution in [0.5, 0.6) is 0 Å². The number of carbonyl (C=O) groups is 1. The summed E-state index contributed by atoms with van der Waals surface area (Å²) in [6.07, 6.45) is 2.95. The fourth-order valence-electron chi connectivity index (χ4n) is 2.69. The lowest BCUT2D eigenvalue weighted by Gasteiger charge is -2.10. The Morgan fingerprint density at radius 2 is 2.10 bits per heavy atom. The summed E-state index contributed by atoms with van der Waals surface area (Å²) < 4.78 is 4.00. The standard InChI is InChI=1S/C16H22ClN3O/c1-6-15-13(8-19(5)18-15)9-20-10(2)7-14(12(20)4)16(21)11(3)17/h7-8,11H,6,9H2,1-5H3. The molecule has 0 spiro atoms. The predicted molar refractivity (Wildman–Crippen MR) is 85.2 cm³/mol. The molecule has 0 radical (unpaired) electrons. The molecule has 4 nitrogen and oxygen atoms in total. The summed E-state index contributed by atoms with van der Waals surface area (Å²) >= 11 is 5.94. The van der Waals surface area contributed by atoms with Crippen LogP contribution < -0.4 is 0 Å². The van der Waals surface area contributed by atoms with E-state index in [1.165, 1.54) is 5.56 Å². The Bertz CT molecular complexity index is 667. The second kappa shape index (κ2) is 6.06. The van der Waals surface area contributed by atoms with Gasteiger partial charge < -0.3 is 4.57 Å². The first kappa shape index (κ1) is 15.8. The number of nitrogens with zero attached hydrogens (tertiary/aromatic N) is 3. The molecule has 0 aliphatic heterocycles. The molecule has 2 aromatic heterocycles. The van der Waals surface area contributed by atoms with E-state index < -0.39 is 5.38 Å². The molecule has 0 saturated carbocycles. The summed E-state index contributed by atoms with van der Waals surface area (Å²) in [5.41, 5.74) is 5.05.